The number of carbonyl (C=O) groups excluding carboxylic acids is 2. The van der Waals surface area contributed by atoms with Gasteiger partial charge in [0.05, 0.1) is 12.5 Å². The molecule has 1 aromatic carbocycles. The van der Waals surface area contributed by atoms with Crippen LogP contribution >= 0.6 is 0 Å². The van der Waals surface area contributed by atoms with E-state index in [1.807, 2.05) is 18.2 Å². The highest BCUT2D eigenvalue weighted by Gasteiger charge is 2.31. The van der Waals surface area contributed by atoms with Crippen molar-refractivity contribution in [2.75, 3.05) is 19.7 Å². The third kappa shape index (κ3) is 4.20. The van der Waals surface area contributed by atoms with Crippen molar-refractivity contribution in [2.45, 2.75) is 19.8 Å². The monoisotopic (exact) mass is 354 g/mol. The molecule has 0 N–H and O–H groups in total. The summed E-state index contributed by atoms with van der Waals surface area (Å²) in [5, 5.41) is 0. The van der Waals surface area contributed by atoms with Gasteiger partial charge in [-0.05, 0) is 44.0 Å². The first-order valence-electron chi connectivity index (χ1n) is 8.83. The number of hydrogen-bond acceptors (Lipinski definition) is 5. The van der Waals surface area contributed by atoms with Crippen molar-refractivity contribution < 1.29 is 19.1 Å². The molecule has 1 atom stereocenters. The summed E-state index contributed by atoms with van der Waals surface area (Å²) in [5.74, 6) is 0.183. The van der Waals surface area contributed by atoms with E-state index in [4.69, 9.17) is 9.47 Å². The molecule has 0 bridgehead atoms. The SMILES string of the molecule is CCOC(=O)C1CCCN(C(=O)c2cccnc2Oc2ccccc2)C1. The molecule has 1 unspecified atom stereocenters. The summed E-state index contributed by atoms with van der Waals surface area (Å²) < 4.78 is 10.9. The molecule has 6 nitrogen and oxygen atoms in total. The molecule has 2 heterocycles. The lowest BCUT2D eigenvalue weighted by atomic mass is 9.97. The number of amides is 1. The quantitative estimate of drug-likeness (QED) is 0.771. The molecule has 1 aromatic heterocycles. The van der Waals surface area contributed by atoms with E-state index < -0.39 is 0 Å². The summed E-state index contributed by atoms with van der Waals surface area (Å²) in [5.41, 5.74) is 0.390. The van der Waals surface area contributed by atoms with Gasteiger partial charge in [-0.2, -0.15) is 0 Å². The summed E-state index contributed by atoms with van der Waals surface area (Å²) in [6.45, 7) is 3.10. The summed E-state index contributed by atoms with van der Waals surface area (Å²) in [7, 11) is 0. The molecule has 0 saturated carbocycles. The lowest BCUT2D eigenvalue weighted by Crippen LogP contribution is -2.43. The Morgan fingerprint density at radius 2 is 2.00 bits per heavy atom. The smallest absolute Gasteiger partial charge is 0.310 e. The van der Waals surface area contributed by atoms with E-state index in [1.54, 1.807) is 42.3 Å². The van der Waals surface area contributed by atoms with Crippen LogP contribution in [0.4, 0.5) is 0 Å². The van der Waals surface area contributed by atoms with Gasteiger partial charge in [0.1, 0.15) is 11.3 Å². The van der Waals surface area contributed by atoms with Crippen LogP contribution in [-0.4, -0.2) is 41.5 Å². The molecule has 1 saturated heterocycles. The highest BCUT2D eigenvalue weighted by Crippen LogP contribution is 2.26. The average Bonchev–Trinajstić information content (AvgIpc) is 2.69. The minimum atomic E-state index is -0.275. The number of ether oxygens (including phenoxy) is 2. The lowest BCUT2D eigenvalue weighted by molar-refractivity contribution is -0.149. The van der Waals surface area contributed by atoms with E-state index in [9.17, 15) is 9.59 Å². The summed E-state index contributed by atoms with van der Waals surface area (Å²) >= 11 is 0. The van der Waals surface area contributed by atoms with Crippen molar-refractivity contribution in [2.24, 2.45) is 5.92 Å². The zero-order valence-electron chi connectivity index (χ0n) is 14.8. The first-order chi connectivity index (χ1) is 12.7. The van der Waals surface area contributed by atoms with Gasteiger partial charge in [0.25, 0.3) is 5.91 Å². The number of rotatable bonds is 5. The minimum Gasteiger partial charge on any atom is -0.466 e. The minimum absolute atomic E-state index is 0.182. The summed E-state index contributed by atoms with van der Waals surface area (Å²) in [6.07, 6.45) is 3.10. The van der Waals surface area contributed by atoms with Gasteiger partial charge in [-0.3, -0.25) is 9.59 Å². The van der Waals surface area contributed by atoms with Crippen LogP contribution in [0.3, 0.4) is 0 Å². The number of nitrogens with zero attached hydrogens (tertiary/aromatic N) is 2. The Bertz CT molecular complexity index is 763. The molecular weight excluding hydrogens is 332 g/mol. The number of likely N-dealkylation sites (tertiary alicyclic amines) is 1. The molecule has 0 spiro atoms. The van der Waals surface area contributed by atoms with E-state index >= 15 is 0 Å². The molecule has 1 fully saturated rings. The van der Waals surface area contributed by atoms with Gasteiger partial charge in [-0.25, -0.2) is 4.98 Å². The molecule has 26 heavy (non-hydrogen) atoms. The highest BCUT2D eigenvalue weighted by atomic mass is 16.5. The van der Waals surface area contributed by atoms with Gasteiger partial charge in [0, 0.05) is 19.3 Å². The maximum Gasteiger partial charge on any atom is 0.310 e. The highest BCUT2D eigenvalue weighted by molar-refractivity contribution is 5.96. The number of pyridine rings is 1. The molecule has 0 radical (unpaired) electrons. The average molecular weight is 354 g/mol. The predicted octanol–water partition coefficient (Wildman–Crippen LogP) is 3.29. The van der Waals surface area contributed by atoms with Crippen molar-refractivity contribution in [3.63, 3.8) is 0 Å². The fourth-order valence-corrected chi connectivity index (χ4v) is 3.02. The van der Waals surface area contributed by atoms with Crippen molar-refractivity contribution in [3.8, 4) is 11.6 Å². The third-order valence-corrected chi connectivity index (χ3v) is 4.29. The van der Waals surface area contributed by atoms with Gasteiger partial charge in [0.15, 0.2) is 0 Å². The van der Waals surface area contributed by atoms with E-state index in [0.717, 1.165) is 12.8 Å². The van der Waals surface area contributed by atoms with Crippen LogP contribution in [0.15, 0.2) is 48.7 Å². The van der Waals surface area contributed by atoms with Crippen LogP contribution in [0.1, 0.15) is 30.1 Å². The molecule has 1 amide bonds. The number of benzene rings is 1. The Morgan fingerprint density at radius 3 is 2.77 bits per heavy atom. The number of para-hydroxylation sites is 1. The van der Waals surface area contributed by atoms with Crippen molar-refractivity contribution in [1.29, 1.82) is 0 Å². The van der Waals surface area contributed by atoms with E-state index in [1.165, 1.54) is 0 Å². The second kappa shape index (κ2) is 8.47. The van der Waals surface area contributed by atoms with Gasteiger partial charge >= 0.3 is 5.97 Å². The Morgan fingerprint density at radius 1 is 1.19 bits per heavy atom. The maximum absolute atomic E-state index is 13.0. The molecule has 3 rings (SSSR count). The molecule has 2 aromatic rings. The van der Waals surface area contributed by atoms with Gasteiger partial charge in [-0.1, -0.05) is 18.2 Å². The van der Waals surface area contributed by atoms with Crippen molar-refractivity contribution >= 4 is 11.9 Å². The second-order valence-corrected chi connectivity index (χ2v) is 6.11. The van der Waals surface area contributed by atoms with Crippen LogP contribution in [-0.2, 0) is 9.53 Å². The zero-order valence-corrected chi connectivity index (χ0v) is 14.8. The maximum atomic E-state index is 13.0. The molecule has 136 valence electrons. The van der Waals surface area contributed by atoms with E-state index in [0.29, 0.717) is 31.0 Å². The Kier molecular flexibility index (Phi) is 5.84. The molecule has 1 aliphatic heterocycles. The lowest BCUT2D eigenvalue weighted by Gasteiger charge is -2.31. The number of hydrogen-bond donors (Lipinski definition) is 0. The number of aromatic nitrogens is 1. The first kappa shape index (κ1) is 17.9. The number of piperidine rings is 1. The Labute approximate surface area is 152 Å². The fraction of sp³-hybridized carbons (Fsp3) is 0.350. The van der Waals surface area contributed by atoms with Crippen LogP contribution in [0.25, 0.3) is 0 Å². The first-order valence-corrected chi connectivity index (χ1v) is 8.83. The summed E-state index contributed by atoms with van der Waals surface area (Å²) in [4.78, 5) is 30.9. The van der Waals surface area contributed by atoms with Gasteiger partial charge in [-0.15, -0.1) is 0 Å². The number of carbonyl (C=O) groups is 2. The summed E-state index contributed by atoms with van der Waals surface area (Å²) in [6, 6.07) is 12.6. The zero-order chi connectivity index (χ0) is 18.4. The molecular formula is C20H22N2O4. The third-order valence-electron chi connectivity index (χ3n) is 4.29. The fourth-order valence-electron chi connectivity index (χ4n) is 3.02. The van der Waals surface area contributed by atoms with Crippen LogP contribution in [0.5, 0.6) is 11.6 Å². The van der Waals surface area contributed by atoms with Gasteiger partial charge < -0.3 is 14.4 Å². The number of esters is 1. The predicted molar refractivity (Wildman–Crippen MR) is 96.0 cm³/mol. The largest absolute Gasteiger partial charge is 0.466 e. The standard InChI is InChI=1S/C20H22N2O4/c1-2-25-20(24)15-8-7-13-22(14-15)19(23)17-11-6-12-21-18(17)26-16-9-4-3-5-10-16/h3-6,9-12,15H,2,7-8,13-14H2,1H3. The normalized spacial score (nSPS) is 16.8. The van der Waals surface area contributed by atoms with E-state index in [-0.39, 0.29) is 23.7 Å². The molecule has 0 aliphatic carbocycles. The topological polar surface area (TPSA) is 68.7 Å². The van der Waals surface area contributed by atoms with Gasteiger partial charge in [0.2, 0.25) is 5.88 Å². The van der Waals surface area contributed by atoms with E-state index in [2.05, 4.69) is 4.98 Å². The Hall–Kier alpha value is -2.89. The Balaban J connectivity index is 1.76. The van der Waals surface area contributed by atoms with Crippen LogP contribution < -0.4 is 4.74 Å². The molecule has 1 aliphatic rings. The molecule has 6 heteroatoms. The van der Waals surface area contributed by atoms with Crippen LogP contribution in [0.2, 0.25) is 0 Å². The second-order valence-electron chi connectivity index (χ2n) is 6.11. The van der Waals surface area contributed by atoms with Crippen molar-refractivity contribution in [3.05, 3.63) is 54.2 Å². The van der Waals surface area contributed by atoms with Crippen LogP contribution in [0, 0.1) is 5.92 Å². The van der Waals surface area contributed by atoms with Crippen molar-refractivity contribution in [1.82, 2.24) is 9.88 Å².